The maximum Gasteiger partial charge on any atom is 0.441 e. The molecule has 0 bridgehead atoms. The van der Waals surface area contributed by atoms with E-state index in [1.54, 1.807) is 49.5 Å². The highest BCUT2D eigenvalue weighted by Crippen LogP contribution is 2.40. The molecule has 0 saturated heterocycles. The molecule has 0 spiro atoms. The van der Waals surface area contributed by atoms with Gasteiger partial charge in [-0.2, -0.15) is 13.2 Å². The highest BCUT2D eigenvalue weighted by molar-refractivity contribution is 7.16. The second-order valence-corrected chi connectivity index (χ2v) is 7.99. The molecule has 0 aliphatic rings. The summed E-state index contributed by atoms with van der Waals surface area (Å²) in [5.74, 6) is -3.73. The van der Waals surface area contributed by atoms with Gasteiger partial charge in [-0.3, -0.25) is 4.79 Å². The molecular weight excluding hydrogens is 449 g/mol. The summed E-state index contributed by atoms with van der Waals surface area (Å²) in [5.41, 5.74) is -2.84. The van der Waals surface area contributed by atoms with Crippen molar-refractivity contribution in [1.29, 1.82) is 0 Å². The van der Waals surface area contributed by atoms with Gasteiger partial charge in [-0.25, -0.2) is 9.59 Å². The van der Waals surface area contributed by atoms with Crippen LogP contribution < -0.4 is 10.6 Å². The fourth-order valence-electron chi connectivity index (χ4n) is 3.16. The van der Waals surface area contributed by atoms with Gasteiger partial charge in [0, 0.05) is 4.88 Å². The normalized spacial score (nSPS) is 13.1. The molecule has 2 N–H and O–H groups in total. The van der Waals surface area contributed by atoms with Crippen LogP contribution in [0.4, 0.5) is 18.2 Å². The average molecular weight is 472 g/mol. The third-order valence-electron chi connectivity index (χ3n) is 4.70. The minimum atomic E-state index is -5.32. The highest BCUT2D eigenvalue weighted by atomic mass is 32.1. The molecule has 32 heavy (non-hydrogen) atoms. The monoisotopic (exact) mass is 472 g/mol. The maximum atomic E-state index is 14.3. The summed E-state index contributed by atoms with van der Waals surface area (Å²) in [6.45, 7) is 3.35. The molecule has 0 aliphatic heterocycles. The molecule has 2 aromatic rings. The Morgan fingerprint density at radius 1 is 1.06 bits per heavy atom. The maximum absolute atomic E-state index is 14.3. The first-order chi connectivity index (χ1) is 15.0. The predicted molar refractivity (Wildman–Crippen MR) is 112 cm³/mol. The Morgan fingerprint density at radius 2 is 1.69 bits per heavy atom. The van der Waals surface area contributed by atoms with Crippen molar-refractivity contribution in [2.75, 3.05) is 19.5 Å². The zero-order valence-corrected chi connectivity index (χ0v) is 18.7. The number of hydrogen-bond acceptors (Lipinski definition) is 7. The van der Waals surface area contributed by atoms with Gasteiger partial charge in [-0.1, -0.05) is 37.3 Å². The largest absolute Gasteiger partial charge is 0.466 e. The number of carbonyl (C=O) groups is 3. The van der Waals surface area contributed by atoms with Crippen molar-refractivity contribution in [3.05, 3.63) is 51.9 Å². The molecule has 2 rings (SSSR count). The average Bonchev–Trinajstić information content (AvgIpc) is 3.06. The number of carbonyl (C=O) groups excluding carboxylic acids is 3. The number of thiophene rings is 1. The number of hydrogen-bond donors (Lipinski definition) is 2. The van der Waals surface area contributed by atoms with Crippen molar-refractivity contribution in [2.24, 2.45) is 0 Å². The molecule has 1 amide bonds. The molecule has 0 saturated carbocycles. The van der Waals surface area contributed by atoms with Gasteiger partial charge in [-0.05, 0) is 24.5 Å². The van der Waals surface area contributed by atoms with Crippen molar-refractivity contribution in [3.8, 4) is 0 Å². The molecular formula is C21H23F3N2O5S. The van der Waals surface area contributed by atoms with E-state index in [2.05, 4.69) is 10.1 Å². The summed E-state index contributed by atoms with van der Waals surface area (Å²) in [4.78, 5) is 37.9. The number of halogens is 3. The van der Waals surface area contributed by atoms with Crippen LogP contribution in [0.25, 0.3) is 0 Å². The minimum absolute atomic E-state index is 0.132. The van der Waals surface area contributed by atoms with Crippen LogP contribution in [-0.4, -0.2) is 43.9 Å². The van der Waals surface area contributed by atoms with Gasteiger partial charge in [-0.15, -0.1) is 11.3 Å². The first kappa shape index (κ1) is 25.2. The van der Waals surface area contributed by atoms with Gasteiger partial charge in [0.15, 0.2) is 0 Å². The summed E-state index contributed by atoms with van der Waals surface area (Å²) in [6, 6.07) is 8.07. The third-order valence-corrected chi connectivity index (χ3v) is 5.77. The zero-order valence-electron chi connectivity index (χ0n) is 17.9. The van der Waals surface area contributed by atoms with Crippen LogP contribution in [0.5, 0.6) is 0 Å². The number of benzene rings is 1. The zero-order chi connectivity index (χ0) is 24.1. The van der Waals surface area contributed by atoms with E-state index < -0.39 is 36.1 Å². The number of amides is 1. The van der Waals surface area contributed by atoms with Gasteiger partial charge in [0.05, 0.1) is 26.2 Å². The van der Waals surface area contributed by atoms with E-state index >= 15 is 0 Å². The summed E-state index contributed by atoms with van der Waals surface area (Å²) >= 11 is 0.840. The Balaban J connectivity index is 2.57. The van der Waals surface area contributed by atoms with Gasteiger partial charge in [0.25, 0.3) is 0 Å². The Morgan fingerprint density at radius 3 is 2.19 bits per heavy atom. The van der Waals surface area contributed by atoms with Crippen molar-refractivity contribution >= 4 is 34.2 Å². The molecule has 7 nitrogen and oxygen atoms in total. The van der Waals surface area contributed by atoms with E-state index in [4.69, 9.17) is 4.74 Å². The number of alkyl halides is 3. The van der Waals surface area contributed by atoms with E-state index in [9.17, 15) is 27.6 Å². The third kappa shape index (κ3) is 5.04. The number of aryl methyl sites for hydroxylation is 1. The SMILES string of the molecule is CCc1c(C)sc(NC(NC(=O)Cc2ccccc2)(C(=O)OC)C(F)(F)F)c1C(=O)OC. The fraction of sp³-hybridized carbons (Fsp3) is 0.381. The van der Waals surface area contributed by atoms with E-state index in [-0.39, 0.29) is 10.6 Å². The van der Waals surface area contributed by atoms with Crippen molar-refractivity contribution in [2.45, 2.75) is 38.5 Å². The minimum Gasteiger partial charge on any atom is -0.466 e. The lowest BCUT2D eigenvalue weighted by Crippen LogP contribution is -2.69. The molecule has 1 aromatic heterocycles. The van der Waals surface area contributed by atoms with Crippen LogP contribution >= 0.6 is 11.3 Å². The van der Waals surface area contributed by atoms with E-state index in [0.717, 1.165) is 25.6 Å². The molecule has 1 aromatic carbocycles. The summed E-state index contributed by atoms with van der Waals surface area (Å²) < 4.78 is 52.1. The summed E-state index contributed by atoms with van der Waals surface area (Å²) in [6.07, 6.45) is -5.39. The number of ether oxygens (including phenoxy) is 2. The lowest BCUT2D eigenvalue weighted by atomic mass is 10.1. The Bertz CT molecular complexity index is 991. The number of esters is 2. The van der Waals surface area contributed by atoms with E-state index in [0.29, 0.717) is 22.4 Å². The molecule has 1 atom stereocenters. The van der Waals surface area contributed by atoms with Gasteiger partial charge in [0.2, 0.25) is 5.91 Å². The fourth-order valence-corrected chi connectivity index (χ4v) is 4.35. The summed E-state index contributed by atoms with van der Waals surface area (Å²) in [7, 11) is 1.86. The molecule has 174 valence electrons. The number of methoxy groups -OCH3 is 2. The van der Waals surface area contributed by atoms with Crippen LogP contribution in [0.1, 0.15) is 33.3 Å². The van der Waals surface area contributed by atoms with Crippen molar-refractivity contribution in [3.63, 3.8) is 0 Å². The molecule has 11 heteroatoms. The van der Waals surface area contributed by atoms with E-state index in [1.807, 2.05) is 0 Å². The smallest absolute Gasteiger partial charge is 0.441 e. The molecule has 1 heterocycles. The second kappa shape index (κ2) is 10.0. The molecule has 0 aliphatic carbocycles. The van der Waals surface area contributed by atoms with Gasteiger partial charge < -0.3 is 20.1 Å². The highest BCUT2D eigenvalue weighted by Gasteiger charge is 2.64. The van der Waals surface area contributed by atoms with Gasteiger partial charge in [0.1, 0.15) is 5.00 Å². The first-order valence-electron chi connectivity index (χ1n) is 9.49. The summed E-state index contributed by atoms with van der Waals surface area (Å²) in [5, 5.41) is 3.55. The van der Waals surface area contributed by atoms with Gasteiger partial charge >= 0.3 is 23.8 Å². The van der Waals surface area contributed by atoms with Crippen LogP contribution in [0.15, 0.2) is 30.3 Å². The molecule has 0 radical (unpaired) electrons. The van der Waals surface area contributed by atoms with Crippen LogP contribution in [0.3, 0.4) is 0 Å². The Labute approximate surface area is 186 Å². The van der Waals surface area contributed by atoms with Crippen molar-refractivity contribution in [1.82, 2.24) is 5.32 Å². The lowest BCUT2D eigenvalue weighted by molar-refractivity contribution is -0.206. The van der Waals surface area contributed by atoms with Crippen LogP contribution in [0.2, 0.25) is 0 Å². The lowest BCUT2D eigenvalue weighted by Gasteiger charge is -2.34. The molecule has 1 unspecified atom stereocenters. The first-order valence-corrected chi connectivity index (χ1v) is 10.3. The second-order valence-electron chi connectivity index (χ2n) is 6.76. The Hall–Kier alpha value is -3.08. The van der Waals surface area contributed by atoms with Crippen molar-refractivity contribution < 1.29 is 37.0 Å². The quantitative estimate of drug-likeness (QED) is 0.450. The Kier molecular flexibility index (Phi) is 7.89. The number of anilines is 1. The number of nitrogens with one attached hydrogen (secondary N) is 2. The topological polar surface area (TPSA) is 93.7 Å². The molecule has 0 fully saturated rings. The number of rotatable bonds is 8. The predicted octanol–water partition coefficient (Wildman–Crippen LogP) is 3.61. The standard InChI is InChI=1S/C21H23F3N2O5S/c1-5-14-12(2)32-17(16(14)18(28)30-3)26-20(19(29)31-4,21(22,23)24)25-15(27)11-13-9-7-6-8-10-13/h6-10,26H,5,11H2,1-4H3,(H,25,27). The van der Waals surface area contributed by atoms with E-state index in [1.165, 1.54) is 0 Å². The van der Waals surface area contributed by atoms with Crippen LogP contribution in [-0.2, 0) is 31.9 Å². The van der Waals surface area contributed by atoms with Crippen LogP contribution in [0, 0.1) is 6.92 Å².